The highest BCUT2D eigenvalue weighted by molar-refractivity contribution is 5.94. The summed E-state index contributed by atoms with van der Waals surface area (Å²) < 4.78 is 5.66. The summed E-state index contributed by atoms with van der Waals surface area (Å²) in [6.07, 6.45) is -0.549. The van der Waals surface area contributed by atoms with E-state index in [1.54, 1.807) is 6.92 Å². The molecule has 0 aliphatic heterocycles. The molecule has 0 unspecified atom stereocenters. The number of rotatable bonds is 4. The lowest BCUT2D eigenvalue weighted by atomic mass is 10.1. The number of hydrogen-bond acceptors (Lipinski definition) is 2. The molecular formula is C18H21NO2. The highest BCUT2D eigenvalue weighted by atomic mass is 16.5. The average molecular weight is 283 g/mol. The summed E-state index contributed by atoms with van der Waals surface area (Å²) in [5, 5.41) is 2.92. The summed E-state index contributed by atoms with van der Waals surface area (Å²) in [5.41, 5.74) is 4.15. The van der Waals surface area contributed by atoms with E-state index in [9.17, 15) is 4.79 Å². The van der Waals surface area contributed by atoms with Crippen LogP contribution < -0.4 is 10.1 Å². The first kappa shape index (κ1) is 15.1. The van der Waals surface area contributed by atoms with Crippen molar-refractivity contribution in [2.75, 3.05) is 5.32 Å². The minimum atomic E-state index is -0.549. The summed E-state index contributed by atoms with van der Waals surface area (Å²) >= 11 is 0. The summed E-state index contributed by atoms with van der Waals surface area (Å²) in [7, 11) is 0. The maximum absolute atomic E-state index is 12.2. The van der Waals surface area contributed by atoms with Gasteiger partial charge < -0.3 is 10.1 Å². The highest BCUT2D eigenvalue weighted by Gasteiger charge is 2.15. The third-order valence-corrected chi connectivity index (χ3v) is 3.35. The molecule has 3 nitrogen and oxygen atoms in total. The van der Waals surface area contributed by atoms with Gasteiger partial charge in [-0.1, -0.05) is 29.8 Å². The summed E-state index contributed by atoms with van der Waals surface area (Å²) in [6.45, 7) is 7.74. The van der Waals surface area contributed by atoms with Gasteiger partial charge in [0.2, 0.25) is 0 Å². The lowest BCUT2D eigenvalue weighted by molar-refractivity contribution is -0.122. The Morgan fingerprint density at radius 2 is 1.62 bits per heavy atom. The van der Waals surface area contributed by atoms with Gasteiger partial charge >= 0.3 is 0 Å². The molecule has 3 heteroatoms. The van der Waals surface area contributed by atoms with Crippen LogP contribution in [0.5, 0.6) is 5.75 Å². The van der Waals surface area contributed by atoms with Crippen LogP contribution in [-0.2, 0) is 4.79 Å². The van der Waals surface area contributed by atoms with Crippen LogP contribution in [0.2, 0.25) is 0 Å². The molecule has 1 N–H and O–H groups in total. The quantitative estimate of drug-likeness (QED) is 0.920. The number of hydrogen-bond donors (Lipinski definition) is 1. The summed E-state index contributed by atoms with van der Waals surface area (Å²) in [6, 6.07) is 13.7. The smallest absolute Gasteiger partial charge is 0.265 e. The van der Waals surface area contributed by atoms with Crippen LogP contribution >= 0.6 is 0 Å². The fourth-order valence-electron chi connectivity index (χ4n) is 1.98. The van der Waals surface area contributed by atoms with Gasteiger partial charge in [0.15, 0.2) is 6.10 Å². The molecule has 0 saturated heterocycles. The molecule has 0 spiro atoms. The Hall–Kier alpha value is -2.29. The van der Waals surface area contributed by atoms with E-state index in [0.717, 1.165) is 22.4 Å². The second kappa shape index (κ2) is 6.44. The van der Waals surface area contributed by atoms with E-state index in [2.05, 4.69) is 5.32 Å². The van der Waals surface area contributed by atoms with Gasteiger partial charge in [-0.05, 0) is 57.0 Å². The van der Waals surface area contributed by atoms with Crippen molar-refractivity contribution in [3.63, 3.8) is 0 Å². The van der Waals surface area contributed by atoms with E-state index >= 15 is 0 Å². The Kier molecular flexibility index (Phi) is 4.63. The number of carbonyl (C=O) groups excluding carboxylic acids is 1. The Morgan fingerprint density at radius 3 is 2.29 bits per heavy atom. The Bertz CT molecular complexity index is 632. The highest BCUT2D eigenvalue weighted by Crippen LogP contribution is 2.18. The zero-order valence-electron chi connectivity index (χ0n) is 12.9. The third kappa shape index (κ3) is 4.09. The molecule has 0 aromatic heterocycles. The molecule has 21 heavy (non-hydrogen) atoms. The Morgan fingerprint density at radius 1 is 1.00 bits per heavy atom. The molecular weight excluding hydrogens is 262 g/mol. The molecule has 0 aliphatic rings. The molecule has 0 bridgehead atoms. The van der Waals surface area contributed by atoms with Gasteiger partial charge in [0.05, 0.1) is 0 Å². The first-order valence-corrected chi connectivity index (χ1v) is 7.07. The number of nitrogens with one attached hydrogen (secondary N) is 1. The van der Waals surface area contributed by atoms with Crippen molar-refractivity contribution in [1.82, 2.24) is 0 Å². The Labute approximate surface area is 126 Å². The lowest BCUT2D eigenvalue weighted by Gasteiger charge is -2.16. The predicted octanol–water partition coefficient (Wildman–Crippen LogP) is 4.02. The number of ether oxygens (including phenoxy) is 1. The van der Waals surface area contributed by atoms with Crippen LogP contribution in [0.1, 0.15) is 23.6 Å². The molecule has 1 amide bonds. The minimum Gasteiger partial charge on any atom is -0.481 e. The van der Waals surface area contributed by atoms with E-state index in [1.165, 1.54) is 0 Å². The maximum atomic E-state index is 12.2. The van der Waals surface area contributed by atoms with Crippen LogP contribution in [-0.4, -0.2) is 12.0 Å². The number of anilines is 1. The van der Waals surface area contributed by atoms with Gasteiger partial charge in [-0.2, -0.15) is 0 Å². The van der Waals surface area contributed by atoms with Crippen LogP contribution in [0, 0.1) is 20.8 Å². The zero-order valence-corrected chi connectivity index (χ0v) is 12.9. The standard InChI is InChI=1S/C18H21NO2/c1-12-6-9-16(10-7-12)21-15(4)18(20)19-17-11-13(2)5-8-14(17)3/h5-11,15H,1-4H3,(H,19,20)/t15-/m1/s1. The molecule has 110 valence electrons. The molecule has 0 heterocycles. The van der Waals surface area contributed by atoms with Crippen molar-refractivity contribution in [2.45, 2.75) is 33.8 Å². The molecule has 0 saturated carbocycles. The van der Waals surface area contributed by atoms with Crippen molar-refractivity contribution in [1.29, 1.82) is 0 Å². The number of aryl methyl sites for hydroxylation is 3. The van der Waals surface area contributed by atoms with Gasteiger partial charge in [0, 0.05) is 5.69 Å². The van der Waals surface area contributed by atoms with Crippen molar-refractivity contribution in [3.8, 4) is 5.75 Å². The normalized spacial score (nSPS) is 11.8. The van der Waals surface area contributed by atoms with Crippen LogP contribution in [0.3, 0.4) is 0 Å². The van der Waals surface area contributed by atoms with Crippen LogP contribution in [0.15, 0.2) is 42.5 Å². The lowest BCUT2D eigenvalue weighted by Crippen LogP contribution is -2.30. The van der Waals surface area contributed by atoms with E-state index in [1.807, 2.05) is 63.2 Å². The van der Waals surface area contributed by atoms with E-state index in [4.69, 9.17) is 4.74 Å². The fraction of sp³-hybridized carbons (Fsp3) is 0.278. The van der Waals surface area contributed by atoms with Crippen molar-refractivity contribution in [2.24, 2.45) is 0 Å². The predicted molar refractivity (Wildman–Crippen MR) is 85.8 cm³/mol. The van der Waals surface area contributed by atoms with Crippen LogP contribution in [0.25, 0.3) is 0 Å². The first-order valence-electron chi connectivity index (χ1n) is 7.07. The number of amides is 1. The van der Waals surface area contributed by atoms with Crippen molar-refractivity contribution in [3.05, 3.63) is 59.2 Å². The van der Waals surface area contributed by atoms with Crippen molar-refractivity contribution >= 4 is 11.6 Å². The summed E-state index contributed by atoms with van der Waals surface area (Å²) in [5.74, 6) is 0.550. The molecule has 2 aromatic rings. The number of benzene rings is 2. The van der Waals surface area contributed by atoms with E-state index in [-0.39, 0.29) is 5.91 Å². The number of carbonyl (C=O) groups is 1. The molecule has 0 aliphatic carbocycles. The van der Waals surface area contributed by atoms with Gasteiger partial charge in [-0.3, -0.25) is 4.79 Å². The topological polar surface area (TPSA) is 38.3 Å². The fourth-order valence-corrected chi connectivity index (χ4v) is 1.98. The molecule has 0 radical (unpaired) electrons. The van der Waals surface area contributed by atoms with Gasteiger partial charge in [0.1, 0.15) is 5.75 Å². The molecule has 1 atom stereocenters. The van der Waals surface area contributed by atoms with Crippen molar-refractivity contribution < 1.29 is 9.53 Å². The second-order valence-electron chi connectivity index (χ2n) is 5.38. The SMILES string of the molecule is Cc1ccc(O[C@H](C)C(=O)Nc2cc(C)ccc2C)cc1. The summed E-state index contributed by atoms with van der Waals surface area (Å²) in [4.78, 5) is 12.2. The van der Waals surface area contributed by atoms with E-state index in [0.29, 0.717) is 5.75 Å². The van der Waals surface area contributed by atoms with Crippen LogP contribution in [0.4, 0.5) is 5.69 Å². The largest absolute Gasteiger partial charge is 0.481 e. The molecule has 0 fully saturated rings. The van der Waals surface area contributed by atoms with Gasteiger partial charge in [-0.25, -0.2) is 0 Å². The molecule has 2 rings (SSSR count). The Balaban J connectivity index is 2.02. The minimum absolute atomic E-state index is 0.149. The first-order chi connectivity index (χ1) is 9.95. The van der Waals surface area contributed by atoms with Gasteiger partial charge in [0.25, 0.3) is 5.91 Å². The average Bonchev–Trinajstić information content (AvgIpc) is 2.45. The maximum Gasteiger partial charge on any atom is 0.265 e. The van der Waals surface area contributed by atoms with E-state index < -0.39 is 6.10 Å². The zero-order chi connectivity index (χ0) is 15.4. The molecule has 2 aromatic carbocycles. The third-order valence-electron chi connectivity index (χ3n) is 3.35. The van der Waals surface area contributed by atoms with Gasteiger partial charge in [-0.15, -0.1) is 0 Å². The monoisotopic (exact) mass is 283 g/mol. The second-order valence-corrected chi connectivity index (χ2v) is 5.38.